The maximum atomic E-state index is 14.1. The Morgan fingerprint density at radius 1 is 1.19 bits per heavy atom. The molecule has 1 N–H and O–H groups in total. The first-order valence-electron chi connectivity index (χ1n) is 9.35. The Morgan fingerprint density at radius 3 is 2.50 bits per heavy atom. The molecule has 0 fully saturated rings. The summed E-state index contributed by atoms with van der Waals surface area (Å²) in [5.74, 6) is -0.697. The van der Waals surface area contributed by atoms with Crippen LogP contribution >= 0.6 is 23.2 Å². The van der Waals surface area contributed by atoms with Crippen molar-refractivity contribution in [3.8, 4) is 0 Å². The molecule has 3 rings (SSSR count). The number of nitrogens with one attached hydrogen (secondary N) is 1. The van der Waals surface area contributed by atoms with Gasteiger partial charge in [0.1, 0.15) is 0 Å². The van der Waals surface area contributed by atoms with Crippen molar-refractivity contribution in [1.82, 2.24) is 5.32 Å². The fourth-order valence-electron chi connectivity index (χ4n) is 3.23. The zero-order valence-corrected chi connectivity index (χ0v) is 18.4. The van der Waals surface area contributed by atoms with E-state index in [-0.39, 0.29) is 33.5 Å². The van der Waals surface area contributed by atoms with Gasteiger partial charge in [-0.15, -0.1) is 0 Å². The molecule has 1 aliphatic heterocycles. The van der Waals surface area contributed by atoms with Crippen LogP contribution in [0.3, 0.4) is 0 Å². The number of ether oxygens (including phenoxy) is 1. The van der Waals surface area contributed by atoms with Crippen molar-refractivity contribution in [2.45, 2.75) is 32.0 Å². The van der Waals surface area contributed by atoms with Gasteiger partial charge in [-0.3, -0.25) is 10.1 Å². The van der Waals surface area contributed by atoms with Crippen molar-refractivity contribution in [2.75, 3.05) is 6.61 Å². The molecule has 1 unspecified atom stereocenters. The number of alkyl halides is 3. The zero-order chi connectivity index (χ0) is 23.7. The number of carbonyl (C=O) groups is 2. The standard InChI is InChI=1S/C21H17Cl2F3N2O4/c1-3-31-19(30)27-18(29)14-6-4-12(8-11(14)2)17-10-20(32-28-17,21(24,25)26)13-5-7-15(22)16(23)9-13/h4-9H,3,10H2,1-2H3,(H,27,29,30). The number of alkyl carbamates (subject to hydrolysis) is 1. The highest BCUT2D eigenvalue weighted by atomic mass is 35.5. The lowest BCUT2D eigenvalue weighted by molar-refractivity contribution is -0.275. The predicted octanol–water partition coefficient (Wildman–Crippen LogP) is 5.77. The van der Waals surface area contributed by atoms with Crippen molar-refractivity contribution in [3.05, 3.63) is 68.7 Å². The van der Waals surface area contributed by atoms with Crippen molar-refractivity contribution >= 4 is 40.9 Å². The number of nitrogens with zero attached hydrogens (tertiary/aromatic N) is 1. The largest absolute Gasteiger partial charge is 0.450 e. The molecule has 2 aromatic carbocycles. The molecule has 0 saturated carbocycles. The van der Waals surface area contributed by atoms with Gasteiger partial charge >= 0.3 is 12.3 Å². The highest BCUT2D eigenvalue weighted by molar-refractivity contribution is 6.42. The summed E-state index contributed by atoms with van der Waals surface area (Å²) in [6.45, 7) is 3.26. The molecule has 11 heteroatoms. The molecular formula is C21H17Cl2F3N2O4. The monoisotopic (exact) mass is 488 g/mol. The van der Waals surface area contributed by atoms with E-state index in [1.165, 1.54) is 30.3 Å². The molecule has 32 heavy (non-hydrogen) atoms. The molecule has 0 spiro atoms. The average molecular weight is 489 g/mol. The van der Waals surface area contributed by atoms with Crippen LogP contribution < -0.4 is 5.32 Å². The second-order valence-electron chi connectivity index (χ2n) is 6.96. The Morgan fingerprint density at radius 2 is 1.91 bits per heavy atom. The van der Waals surface area contributed by atoms with Crippen LogP contribution in [0, 0.1) is 6.92 Å². The highest BCUT2D eigenvalue weighted by Gasteiger charge is 2.62. The third-order valence-corrected chi connectivity index (χ3v) is 5.61. The van der Waals surface area contributed by atoms with Crippen LogP contribution in [0.2, 0.25) is 10.0 Å². The normalized spacial score (nSPS) is 18.0. The lowest BCUT2D eigenvalue weighted by atomic mass is 9.86. The van der Waals surface area contributed by atoms with Gasteiger partial charge in [0.2, 0.25) is 0 Å². The second kappa shape index (κ2) is 8.99. The molecule has 1 aliphatic rings. The van der Waals surface area contributed by atoms with E-state index < -0.39 is 30.2 Å². The van der Waals surface area contributed by atoms with Crippen molar-refractivity contribution in [3.63, 3.8) is 0 Å². The van der Waals surface area contributed by atoms with Crippen molar-refractivity contribution in [2.24, 2.45) is 5.16 Å². The summed E-state index contributed by atoms with van der Waals surface area (Å²) < 4.78 is 46.9. The van der Waals surface area contributed by atoms with E-state index in [4.69, 9.17) is 28.0 Å². The summed E-state index contributed by atoms with van der Waals surface area (Å²) in [7, 11) is 0. The quantitative estimate of drug-likeness (QED) is 0.592. The lowest BCUT2D eigenvalue weighted by Gasteiger charge is -2.29. The molecule has 1 heterocycles. The summed E-state index contributed by atoms with van der Waals surface area (Å²) in [5.41, 5.74) is -2.01. The number of amides is 2. The van der Waals surface area contributed by atoms with Gasteiger partial charge in [0.15, 0.2) is 0 Å². The van der Waals surface area contributed by atoms with E-state index >= 15 is 0 Å². The number of hydrogen-bond acceptors (Lipinski definition) is 5. The first-order chi connectivity index (χ1) is 15.0. The van der Waals surface area contributed by atoms with Crippen LogP contribution in [0.5, 0.6) is 0 Å². The minimum Gasteiger partial charge on any atom is -0.450 e. The smallest absolute Gasteiger partial charge is 0.435 e. The Labute approximate surface area is 191 Å². The first-order valence-corrected chi connectivity index (χ1v) is 10.1. The summed E-state index contributed by atoms with van der Waals surface area (Å²) >= 11 is 11.8. The number of carbonyl (C=O) groups excluding carboxylic acids is 2. The third kappa shape index (κ3) is 4.54. The van der Waals surface area contributed by atoms with Gasteiger partial charge in [-0.05, 0) is 49.2 Å². The Hall–Kier alpha value is -2.78. The SMILES string of the molecule is CCOC(=O)NC(=O)c1ccc(C2=NOC(c3ccc(Cl)c(Cl)c3)(C(F)(F)F)C2)cc1C. The van der Waals surface area contributed by atoms with Gasteiger partial charge < -0.3 is 9.57 Å². The predicted molar refractivity (Wildman–Crippen MR) is 112 cm³/mol. The summed E-state index contributed by atoms with van der Waals surface area (Å²) in [4.78, 5) is 28.6. The number of benzene rings is 2. The molecular weight excluding hydrogens is 472 g/mol. The maximum Gasteiger partial charge on any atom is 0.435 e. The fraction of sp³-hybridized carbons (Fsp3) is 0.286. The summed E-state index contributed by atoms with van der Waals surface area (Å²) in [6, 6.07) is 7.85. The summed E-state index contributed by atoms with van der Waals surface area (Å²) in [6.07, 6.45) is -6.31. The van der Waals surface area contributed by atoms with Crippen LogP contribution in [0.15, 0.2) is 41.6 Å². The first kappa shape index (κ1) is 23.9. The van der Waals surface area contributed by atoms with Crippen LogP contribution in [0.25, 0.3) is 0 Å². The van der Waals surface area contributed by atoms with Crippen LogP contribution in [0.4, 0.5) is 18.0 Å². The van der Waals surface area contributed by atoms with E-state index in [1.807, 2.05) is 0 Å². The molecule has 2 amide bonds. The van der Waals surface area contributed by atoms with Crippen LogP contribution in [-0.2, 0) is 15.2 Å². The van der Waals surface area contributed by atoms with Gasteiger partial charge in [0.05, 0.1) is 22.4 Å². The van der Waals surface area contributed by atoms with E-state index in [1.54, 1.807) is 13.8 Å². The number of rotatable bonds is 4. The Bertz CT molecular complexity index is 1100. The molecule has 0 bridgehead atoms. The highest BCUT2D eigenvalue weighted by Crippen LogP contribution is 2.49. The molecule has 2 aromatic rings. The topological polar surface area (TPSA) is 77.0 Å². The van der Waals surface area contributed by atoms with Gasteiger partial charge in [0.25, 0.3) is 11.5 Å². The van der Waals surface area contributed by atoms with Gasteiger partial charge in [-0.2, -0.15) is 13.2 Å². The van der Waals surface area contributed by atoms with E-state index in [2.05, 4.69) is 15.2 Å². The van der Waals surface area contributed by atoms with E-state index in [0.717, 1.165) is 6.07 Å². The number of hydrogen-bond donors (Lipinski definition) is 1. The van der Waals surface area contributed by atoms with Crippen LogP contribution in [0.1, 0.15) is 40.4 Å². The molecule has 170 valence electrons. The average Bonchev–Trinajstić information content (AvgIpc) is 3.17. The third-order valence-electron chi connectivity index (χ3n) is 4.87. The van der Waals surface area contributed by atoms with E-state index in [9.17, 15) is 22.8 Å². The molecule has 0 aliphatic carbocycles. The molecule has 0 radical (unpaired) electrons. The maximum absolute atomic E-state index is 14.1. The lowest BCUT2D eigenvalue weighted by Crippen LogP contribution is -2.42. The van der Waals surface area contributed by atoms with E-state index in [0.29, 0.717) is 11.1 Å². The second-order valence-corrected chi connectivity index (χ2v) is 7.78. The zero-order valence-electron chi connectivity index (χ0n) is 16.8. The van der Waals surface area contributed by atoms with Crippen molar-refractivity contribution < 1.29 is 32.3 Å². The van der Waals surface area contributed by atoms with Crippen LogP contribution in [-0.4, -0.2) is 30.5 Å². The number of aryl methyl sites for hydroxylation is 1. The Balaban J connectivity index is 1.88. The molecule has 0 aromatic heterocycles. The minimum absolute atomic E-state index is 0.0360. The van der Waals surface area contributed by atoms with Gasteiger partial charge in [-0.25, -0.2) is 4.79 Å². The number of oxime groups is 1. The van der Waals surface area contributed by atoms with Gasteiger partial charge in [0, 0.05) is 17.5 Å². The van der Waals surface area contributed by atoms with Gasteiger partial charge in [-0.1, -0.05) is 40.5 Å². The number of imide groups is 1. The molecule has 1 atom stereocenters. The van der Waals surface area contributed by atoms with Crippen molar-refractivity contribution in [1.29, 1.82) is 0 Å². The number of halogens is 5. The molecule has 0 saturated heterocycles. The Kier molecular flexibility index (Phi) is 6.71. The summed E-state index contributed by atoms with van der Waals surface area (Å²) in [5, 5.41) is 5.82. The minimum atomic E-state index is -4.80. The fourth-order valence-corrected chi connectivity index (χ4v) is 3.53. The molecule has 6 nitrogen and oxygen atoms in total.